The molecular weight excluding hydrogens is 721 g/mol. The third-order valence-electron chi connectivity index (χ3n) is 9.16. The van der Waals surface area contributed by atoms with Crippen LogP contribution < -0.4 is 26.8 Å². The van der Waals surface area contributed by atoms with Gasteiger partial charge in [0.25, 0.3) is 0 Å². The highest BCUT2D eigenvalue weighted by Gasteiger charge is 2.35. The van der Waals surface area contributed by atoms with E-state index in [2.05, 4.69) is 20.3 Å². The minimum Gasteiger partial charge on any atom is -0.508 e. The number of phenols is 1. The zero-order valence-electron chi connectivity index (χ0n) is 31.1. The van der Waals surface area contributed by atoms with Crippen LogP contribution in [-0.2, 0) is 48.5 Å². The Bertz CT molecular complexity index is 2070. The lowest BCUT2D eigenvalue weighted by Crippen LogP contribution is -2.53. The van der Waals surface area contributed by atoms with E-state index in [0.29, 0.717) is 23.4 Å². The molecule has 0 heterocycles. The summed E-state index contributed by atoms with van der Waals surface area (Å²) in [6.07, 6.45) is 0.340. The largest absolute Gasteiger partial charge is 0.508 e. The van der Waals surface area contributed by atoms with Gasteiger partial charge in [-0.15, -0.1) is 0 Å². The minimum atomic E-state index is -4.37. The molecule has 3 amide bonds. The number of hydrogen-bond acceptors (Lipinski definition) is 8. The molecule has 0 aromatic heterocycles. The maximum absolute atomic E-state index is 14.2. The van der Waals surface area contributed by atoms with E-state index in [4.69, 9.17) is 11.5 Å². The Kier molecular flexibility index (Phi) is 15.5. The predicted octanol–water partition coefficient (Wildman–Crippen LogP) is 3.21. The highest BCUT2D eigenvalue weighted by molar-refractivity contribution is 7.90. The smallest absolute Gasteiger partial charge is 0.243 e. The van der Waals surface area contributed by atoms with Crippen molar-refractivity contribution in [1.82, 2.24) is 15.4 Å². The van der Waals surface area contributed by atoms with Gasteiger partial charge in [-0.3, -0.25) is 24.2 Å². The van der Waals surface area contributed by atoms with Crippen molar-refractivity contribution in [3.8, 4) is 5.75 Å². The lowest BCUT2D eigenvalue weighted by Gasteiger charge is -2.26. The average Bonchev–Trinajstić information content (AvgIpc) is 3.14. The number of amides is 3. The molecule has 0 spiro atoms. The average molecular weight is 771 g/mol. The summed E-state index contributed by atoms with van der Waals surface area (Å²) in [7, 11) is -4.37. The number of hydrogen-bond donors (Lipinski definition) is 6. The van der Waals surface area contributed by atoms with Crippen molar-refractivity contribution in [2.45, 2.75) is 82.2 Å². The van der Waals surface area contributed by atoms with Crippen molar-refractivity contribution in [3.63, 3.8) is 0 Å². The number of Topliss-reactive ketones (excluding diaryl/α,β-unsaturated/α-hetero) is 1. The van der Waals surface area contributed by atoms with Crippen LogP contribution in [0.3, 0.4) is 0 Å². The number of nitrogens with two attached hydrogens (primary N) is 2. The summed E-state index contributed by atoms with van der Waals surface area (Å²) in [5, 5.41) is 15.7. The van der Waals surface area contributed by atoms with Gasteiger partial charge in [0.05, 0.1) is 17.1 Å². The summed E-state index contributed by atoms with van der Waals surface area (Å²) >= 11 is 0. The van der Waals surface area contributed by atoms with Gasteiger partial charge in [0, 0.05) is 26.3 Å². The fraction of sp³-hybridized carbons (Fsp3) is 0.341. The number of primary amides is 1. The van der Waals surface area contributed by atoms with Crippen LogP contribution in [0.1, 0.15) is 56.2 Å². The first-order valence-electron chi connectivity index (χ1n) is 18.2. The van der Waals surface area contributed by atoms with Crippen LogP contribution in [0.5, 0.6) is 5.75 Å². The SMILES string of the molecule is CC(=O)N[C@@H](Cc1ccc(O)cc1)C(=O)N[C@H](CCc1ccccc1)C(=O)C[C@@H](CCCN=C(C)N)S(=O)(=O)N[C@@H](Cc1ccc2ccccc2c1)C(N)=O. The molecule has 55 heavy (non-hydrogen) atoms. The first kappa shape index (κ1) is 42.1. The minimum absolute atomic E-state index is 0.00592. The lowest BCUT2D eigenvalue weighted by atomic mass is 9.97. The standard InChI is InChI=1S/C41H50N6O7S/c1-27(42)44-22-8-13-35(55(53,54)47-37(40(43)51)25-31-14-18-32-11-6-7-12-33(32)23-31)26-39(50)36(21-17-29-9-4-3-5-10-29)46-41(52)38(45-28(2)48)24-30-15-19-34(49)20-16-30/h3-7,9-12,14-16,18-20,23,35-38,47,49H,8,13,17,21-22,24-26H2,1-2H3,(H2,42,44)(H2,43,51)(H,45,48)(H,46,52)/t35-,36-,37+,38+/m1/s1. The number of aryl methyl sites for hydroxylation is 1. The Morgan fingerprint density at radius 1 is 0.727 bits per heavy atom. The van der Waals surface area contributed by atoms with Crippen molar-refractivity contribution in [3.05, 3.63) is 114 Å². The molecule has 0 saturated carbocycles. The number of rotatable bonds is 21. The number of amidine groups is 1. The number of aliphatic imine (C=N–C) groups is 1. The molecule has 0 fully saturated rings. The first-order chi connectivity index (χ1) is 26.2. The molecule has 0 radical (unpaired) electrons. The highest BCUT2D eigenvalue weighted by atomic mass is 32.2. The van der Waals surface area contributed by atoms with Gasteiger partial charge in [0.15, 0.2) is 5.78 Å². The number of ketones is 1. The van der Waals surface area contributed by atoms with E-state index in [1.54, 1.807) is 25.1 Å². The number of fused-ring (bicyclic) bond motifs is 1. The van der Waals surface area contributed by atoms with Crippen LogP contribution in [0.25, 0.3) is 10.8 Å². The van der Waals surface area contributed by atoms with Crippen LogP contribution in [0.4, 0.5) is 0 Å². The molecule has 13 nitrogen and oxygen atoms in total. The summed E-state index contributed by atoms with van der Waals surface area (Å²) in [5.41, 5.74) is 13.7. The predicted molar refractivity (Wildman–Crippen MR) is 214 cm³/mol. The number of carbonyl (C=O) groups is 4. The van der Waals surface area contributed by atoms with E-state index in [0.717, 1.165) is 16.3 Å². The Hall–Kier alpha value is -5.60. The number of phenolic OH excluding ortho intramolecular Hbond substituents is 1. The zero-order valence-corrected chi connectivity index (χ0v) is 31.9. The van der Waals surface area contributed by atoms with Crippen molar-refractivity contribution in [2.24, 2.45) is 16.5 Å². The summed E-state index contributed by atoms with van der Waals surface area (Å²) < 4.78 is 30.7. The van der Waals surface area contributed by atoms with Gasteiger partial charge in [-0.1, -0.05) is 84.9 Å². The molecule has 0 aliphatic rings. The van der Waals surface area contributed by atoms with Gasteiger partial charge >= 0.3 is 0 Å². The molecular formula is C41H50N6O7S. The second-order valence-electron chi connectivity index (χ2n) is 13.7. The quantitative estimate of drug-likeness (QED) is 0.0418. The summed E-state index contributed by atoms with van der Waals surface area (Å²) in [6, 6.07) is 25.1. The summed E-state index contributed by atoms with van der Waals surface area (Å²) in [5.74, 6) is -2.17. The molecule has 4 aromatic carbocycles. The number of carbonyl (C=O) groups excluding carboxylic acids is 4. The fourth-order valence-electron chi connectivity index (χ4n) is 6.27. The monoisotopic (exact) mass is 770 g/mol. The van der Waals surface area contributed by atoms with Gasteiger partial charge in [0.2, 0.25) is 27.7 Å². The number of benzene rings is 4. The van der Waals surface area contributed by atoms with E-state index in [1.807, 2.05) is 66.7 Å². The molecule has 0 saturated heterocycles. The van der Waals surface area contributed by atoms with E-state index in [-0.39, 0.29) is 44.4 Å². The van der Waals surface area contributed by atoms with Crippen LogP contribution in [-0.4, -0.2) is 72.8 Å². The van der Waals surface area contributed by atoms with Crippen molar-refractivity contribution in [1.29, 1.82) is 0 Å². The lowest BCUT2D eigenvalue weighted by molar-refractivity contribution is -0.131. The maximum Gasteiger partial charge on any atom is 0.243 e. The van der Waals surface area contributed by atoms with E-state index < -0.39 is 63.3 Å². The Morgan fingerprint density at radius 2 is 1.36 bits per heavy atom. The Balaban J connectivity index is 1.59. The van der Waals surface area contributed by atoms with E-state index in [9.17, 15) is 32.7 Å². The summed E-state index contributed by atoms with van der Waals surface area (Å²) in [6.45, 7) is 3.09. The van der Waals surface area contributed by atoms with Crippen LogP contribution in [0.15, 0.2) is 102 Å². The topological polar surface area (TPSA) is 223 Å². The van der Waals surface area contributed by atoms with Gasteiger partial charge in [-0.25, -0.2) is 13.1 Å². The maximum atomic E-state index is 14.2. The van der Waals surface area contributed by atoms with Crippen LogP contribution >= 0.6 is 0 Å². The molecule has 292 valence electrons. The normalized spacial score (nSPS) is 14.0. The van der Waals surface area contributed by atoms with Gasteiger partial charge in [0.1, 0.15) is 17.8 Å². The number of aromatic hydroxyl groups is 1. The zero-order chi connectivity index (χ0) is 40.0. The molecule has 0 aliphatic carbocycles. The molecule has 0 aliphatic heterocycles. The van der Waals surface area contributed by atoms with Gasteiger partial charge < -0.3 is 27.2 Å². The molecule has 4 aromatic rings. The van der Waals surface area contributed by atoms with Crippen molar-refractivity contribution < 1.29 is 32.7 Å². The second kappa shape index (κ2) is 20.2. The first-order valence-corrected chi connectivity index (χ1v) is 19.7. The molecule has 4 atom stereocenters. The molecule has 0 bridgehead atoms. The summed E-state index contributed by atoms with van der Waals surface area (Å²) in [4.78, 5) is 57.0. The van der Waals surface area contributed by atoms with Gasteiger partial charge in [-0.2, -0.15) is 0 Å². The highest BCUT2D eigenvalue weighted by Crippen LogP contribution is 2.20. The Morgan fingerprint density at radius 3 is 2.02 bits per heavy atom. The molecule has 0 unspecified atom stereocenters. The van der Waals surface area contributed by atoms with Crippen molar-refractivity contribution >= 4 is 50.1 Å². The van der Waals surface area contributed by atoms with Gasteiger partial charge in [-0.05, 0) is 78.6 Å². The van der Waals surface area contributed by atoms with E-state index >= 15 is 0 Å². The number of nitrogens with zero attached hydrogens (tertiary/aromatic N) is 1. The third-order valence-corrected chi connectivity index (χ3v) is 11.0. The fourth-order valence-corrected chi connectivity index (χ4v) is 7.92. The van der Waals surface area contributed by atoms with Crippen LogP contribution in [0, 0.1) is 0 Å². The number of nitrogens with one attached hydrogen (secondary N) is 3. The molecule has 8 N–H and O–H groups in total. The van der Waals surface area contributed by atoms with Crippen LogP contribution in [0.2, 0.25) is 0 Å². The molecule has 14 heteroatoms. The van der Waals surface area contributed by atoms with E-state index in [1.165, 1.54) is 19.1 Å². The molecule has 4 rings (SSSR count). The van der Waals surface area contributed by atoms with Crippen molar-refractivity contribution in [2.75, 3.05) is 6.54 Å². The Labute approximate surface area is 322 Å². The number of sulfonamides is 1. The third kappa shape index (κ3) is 13.6. The second-order valence-corrected chi connectivity index (χ2v) is 15.7.